The molecule has 0 bridgehead atoms. The van der Waals surface area contributed by atoms with Crippen LogP contribution in [0.15, 0.2) is 76.2 Å². The zero-order chi connectivity index (χ0) is 22.2. The van der Waals surface area contributed by atoms with Crippen molar-refractivity contribution >= 4 is 27.5 Å². The summed E-state index contributed by atoms with van der Waals surface area (Å²) in [5, 5.41) is 9.72. The molecule has 0 saturated carbocycles. The lowest BCUT2D eigenvalue weighted by molar-refractivity contribution is 0.0660. The molecule has 4 aromatic heterocycles. The minimum absolute atomic E-state index is 0.0514. The number of furan rings is 1. The molecule has 1 aromatic carbocycles. The molecule has 0 radical (unpaired) electrons. The smallest absolute Gasteiger partial charge is 0.371 e. The average molecular weight is 443 g/mol. The summed E-state index contributed by atoms with van der Waals surface area (Å²) < 4.78 is 6.96. The zero-order valence-corrected chi connectivity index (χ0v) is 17.8. The van der Waals surface area contributed by atoms with Crippen LogP contribution in [0, 0.1) is 6.92 Å². The van der Waals surface area contributed by atoms with Crippen molar-refractivity contribution in [3.8, 4) is 22.5 Å². The lowest BCUT2D eigenvalue weighted by atomic mass is 10.0. The van der Waals surface area contributed by atoms with Gasteiger partial charge < -0.3 is 9.52 Å². The first-order valence-corrected chi connectivity index (χ1v) is 10.7. The summed E-state index contributed by atoms with van der Waals surface area (Å²) in [7, 11) is 0. The Bertz CT molecular complexity index is 1500. The van der Waals surface area contributed by atoms with E-state index in [9.17, 15) is 14.7 Å². The fourth-order valence-corrected chi connectivity index (χ4v) is 4.78. The van der Waals surface area contributed by atoms with E-state index >= 15 is 0 Å². The summed E-state index contributed by atoms with van der Waals surface area (Å²) in [6.07, 6.45) is 3.28. The summed E-state index contributed by atoms with van der Waals surface area (Å²) in [5.74, 6) is -0.511. The van der Waals surface area contributed by atoms with Gasteiger partial charge in [0.25, 0.3) is 5.56 Å². The van der Waals surface area contributed by atoms with Crippen LogP contribution < -0.4 is 5.56 Å². The van der Waals surface area contributed by atoms with Crippen LogP contribution in [0.2, 0.25) is 0 Å². The highest BCUT2D eigenvalue weighted by Gasteiger charge is 2.21. The van der Waals surface area contributed by atoms with Crippen LogP contribution in [0.1, 0.15) is 21.2 Å². The summed E-state index contributed by atoms with van der Waals surface area (Å²) >= 11 is 1.48. The Morgan fingerprint density at radius 1 is 1.06 bits per heavy atom. The van der Waals surface area contributed by atoms with Gasteiger partial charge in [-0.2, -0.15) is 0 Å². The third-order valence-electron chi connectivity index (χ3n) is 5.18. The minimum Gasteiger partial charge on any atom is -0.475 e. The van der Waals surface area contributed by atoms with Gasteiger partial charge in [-0.15, -0.1) is 11.3 Å². The van der Waals surface area contributed by atoms with Crippen molar-refractivity contribution in [1.82, 2.24) is 14.5 Å². The molecule has 0 fully saturated rings. The first kappa shape index (κ1) is 19.9. The maximum atomic E-state index is 13.8. The van der Waals surface area contributed by atoms with Gasteiger partial charge in [-0.3, -0.25) is 14.3 Å². The van der Waals surface area contributed by atoms with E-state index in [1.54, 1.807) is 30.6 Å². The molecule has 32 heavy (non-hydrogen) atoms. The number of hydrogen-bond donors (Lipinski definition) is 1. The Morgan fingerprint density at radius 3 is 2.50 bits per heavy atom. The van der Waals surface area contributed by atoms with Gasteiger partial charge in [-0.1, -0.05) is 30.3 Å². The largest absolute Gasteiger partial charge is 0.475 e. The Kier molecular flexibility index (Phi) is 4.91. The molecule has 5 aromatic rings. The van der Waals surface area contributed by atoms with Crippen LogP contribution in [0.5, 0.6) is 0 Å². The molecule has 8 heteroatoms. The van der Waals surface area contributed by atoms with Crippen molar-refractivity contribution in [2.75, 3.05) is 0 Å². The molecule has 0 aliphatic heterocycles. The number of thiophene rings is 1. The molecule has 5 rings (SSSR count). The SMILES string of the molecule is Cc1sc2nc(-c3ccncc3)n(Cc3ccc(C(=O)O)o3)c(=O)c2c1-c1ccccc1. The Balaban J connectivity index is 1.78. The lowest BCUT2D eigenvalue weighted by Gasteiger charge is -2.12. The first-order valence-electron chi connectivity index (χ1n) is 9.84. The second kappa shape index (κ2) is 7.90. The summed E-state index contributed by atoms with van der Waals surface area (Å²) in [6, 6.07) is 16.3. The predicted octanol–water partition coefficient (Wildman–Crippen LogP) is 4.83. The number of benzene rings is 1. The number of carbonyl (C=O) groups is 1. The Hall–Kier alpha value is -4.04. The minimum atomic E-state index is -1.16. The molecule has 0 unspecified atom stereocenters. The summed E-state index contributed by atoms with van der Waals surface area (Å²) in [4.78, 5) is 35.6. The fourth-order valence-electron chi connectivity index (χ4n) is 3.75. The van der Waals surface area contributed by atoms with E-state index in [0.29, 0.717) is 21.8 Å². The van der Waals surface area contributed by atoms with Crippen LogP contribution >= 0.6 is 11.3 Å². The van der Waals surface area contributed by atoms with Gasteiger partial charge >= 0.3 is 5.97 Å². The molecular formula is C24H17N3O4S. The van der Waals surface area contributed by atoms with Crippen LogP contribution in [0.25, 0.3) is 32.7 Å². The van der Waals surface area contributed by atoms with E-state index in [0.717, 1.165) is 21.6 Å². The standard InChI is InChI=1S/C24H17N3O4S/c1-14-19(15-5-3-2-4-6-15)20-22(32-14)26-21(16-9-11-25-12-10-16)27(23(20)28)13-17-7-8-18(31-17)24(29)30/h2-12H,13H2,1H3,(H,29,30). The number of aromatic nitrogens is 3. The molecule has 0 aliphatic carbocycles. The average Bonchev–Trinajstić information content (AvgIpc) is 3.41. The topological polar surface area (TPSA) is 98.2 Å². The van der Waals surface area contributed by atoms with Crippen LogP contribution in [0.3, 0.4) is 0 Å². The van der Waals surface area contributed by atoms with Gasteiger partial charge in [0.05, 0.1) is 11.9 Å². The molecule has 4 heterocycles. The van der Waals surface area contributed by atoms with E-state index in [2.05, 4.69) is 4.98 Å². The van der Waals surface area contributed by atoms with Crippen molar-refractivity contribution in [2.45, 2.75) is 13.5 Å². The Labute approximate surface area is 186 Å². The lowest BCUT2D eigenvalue weighted by Crippen LogP contribution is -2.24. The van der Waals surface area contributed by atoms with Crippen molar-refractivity contribution in [3.63, 3.8) is 0 Å². The third kappa shape index (κ3) is 3.40. The third-order valence-corrected chi connectivity index (χ3v) is 6.17. The number of aryl methyl sites for hydroxylation is 1. The van der Waals surface area contributed by atoms with Gasteiger partial charge in [-0.25, -0.2) is 9.78 Å². The molecule has 1 N–H and O–H groups in total. The monoisotopic (exact) mass is 443 g/mol. The van der Waals surface area contributed by atoms with Crippen molar-refractivity contribution in [3.05, 3.63) is 93.7 Å². The van der Waals surface area contributed by atoms with Gasteiger partial charge in [0.15, 0.2) is 0 Å². The van der Waals surface area contributed by atoms with E-state index in [1.807, 2.05) is 37.3 Å². The number of rotatable bonds is 5. The molecule has 0 atom stereocenters. The van der Waals surface area contributed by atoms with Gasteiger partial charge in [0.2, 0.25) is 5.76 Å². The molecule has 158 valence electrons. The molecule has 7 nitrogen and oxygen atoms in total. The van der Waals surface area contributed by atoms with E-state index in [1.165, 1.54) is 22.0 Å². The number of hydrogen-bond acceptors (Lipinski definition) is 6. The number of carboxylic acid groups (broad SMARTS) is 1. The molecular weight excluding hydrogens is 426 g/mol. The van der Waals surface area contributed by atoms with Gasteiger partial charge in [0.1, 0.15) is 16.4 Å². The number of fused-ring (bicyclic) bond motifs is 1. The molecule has 0 aliphatic rings. The predicted molar refractivity (Wildman–Crippen MR) is 122 cm³/mol. The van der Waals surface area contributed by atoms with Crippen molar-refractivity contribution in [2.24, 2.45) is 0 Å². The van der Waals surface area contributed by atoms with E-state index in [4.69, 9.17) is 9.40 Å². The van der Waals surface area contributed by atoms with E-state index in [-0.39, 0.29) is 17.9 Å². The second-order valence-corrected chi connectivity index (χ2v) is 8.42. The first-order chi connectivity index (χ1) is 15.5. The second-order valence-electron chi connectivity index (χ2n) is 7.21. The highest BCUT2D eigenvalue weighted by Crippen LogP contribution is 2.36. The van der Waals surface area contributed by atoms with Crippen molar-refractivity contribution < 1.29 is 14.3 Å². The highest BCUT2D eigenvalue weighted by atomic mass is 32.1. The van der Waals surface area contributed by atoms with Gasteiger partial charge in [0, 0.05) is 28.4 Å². The van der Waals surface area contributed by atoms with Crippen molar-refractivity contribution in [1.29, 1.82) is 0 Å². The normalized spacial score (nSPS) is 11.2. The number of aromatic carboxylic acids is 1. The van der Waals surface area contributed by atoms with Crippen LogP contribution in [-0.4, -0.2) is 25.6 Å². The van der Waals surface area contributed by atoms with E-state index < -0.39 is 5.97 Å². The van der Waals surface area contributed by atoms with Crippen LogP contribution in [0.4, 0.5) is 0 Å². The van der Waals surface area contributed by atoms with Gasteiger partial charge in [-0.05, 0) is 36.8 Å². The maximum Gasteiger partial charge on any atom is 0.371 e. The zero-order valence-electron chi connectivity index (χ0n) is 17.0. The number of pyridine rings is 1. The maximum absolute atomic E-state index is 13.8. The summed E-state index contributed by atoms with van der Waals surface area (Å²) in [6.45, 7) is 2.03. The number of carboxylic acids is 1. The molecule has 0 spiro atoms. The molecule has 0 amide bonds. The highest BCUT2D eigenvalue weighted by molar-refractivity contribution is 7.19. The quantitative estimate of drug-likeness (QED) is 0.418. The summed E-state index contributed by atoms with van der Waals surface area (Å²) in [5.41, 5.74) is 2.34. The number of nitrogens with zero attached hydrogens (tertiary/aromatic N) is 3. The molecule has 0 saturated heterocycles. The van der Waals surface area contributed by atoms with Crippen LogP contribution in [-0.2, 0) is 6.54 Å². The Morgan fingerprint density at radius 2 is 1.81 bits per heavy atom. The fraction of sp³-hybridized carbons (Fsp3) is 0.0833.